The highest BCUT2D eigenvalue weighted by molar-refractivity contribution is 9.10. The van der Waals surface area contributed by atoms with Crippen molar-refractivity contribution < 1.29 is 8.42 Å². The van der Waals surface area contributed by atoms with Gasteiger partial charge in [0.05, 0.1) is 11.5 Å². The van der Waals surface area contributed by atoms with Crippen molar-refractivity contribution in [3.63, 3.8) is 0 Å². The molecule has 0 aromatic carbocycles. The van der Waals surface area contributed by atoms with E-state index in [1.54, 1.807) is 6.20 Å². The minimum atomic E-state index is -2.83. The lowest BCUT2D eigenvalue weighted by Gasteiger charge is -2.20. The predicted octanol–water partition coefficient (Wildman–Crippen LogP) is 1.46. The molecule has 1 unspecified atom stereocenters. The number of hydrogen-bond acceptors (Lipinski definition) is 3. The fourth-order valence-electron chi connectivity index (χ4n) is 1.79. The first-order valence-corrected chi connectivity index (χ1v) is 7.09. The van der Waals surface area contributed by atoms with Crippen LogP contribution in [0.2, 0.25) is 0 Å². The quantitative estimate of drug-likeness (QED) is 0.846. The molecule has 1 N–H and O–H groups in total. The molecule has 0 amide bonds. The van der Waals surface area contributed by atoms with Crippen molar-refractivity contribution >= 4 is 25.8 Å². The minimum Gasteiger partial charge on any atom is -0.336 e. The maximum absolute atomic E-state index is 11.4. The summed E-state index contributed by atoms with van der Waals surface area (Å²) in [5, 5.41) is 0. The maximum Gasteiger partial charge on any atom is 0.174 e. The molecule has 2 heterocycles. The Balaban J connectivity index is 2.20. The molecule has 0 radical (unpaired) electrons. The van der Waals surface area contributed by atoms with Gasteiger partial charge in [-0.1, -0.05) is 0 Å². The van der Waals surface area contributed by atoms with E-state index in [0.29, 0.717) is 10.5 Å². The molecule has 0 aliphatic carbocycles. The Labute approximate surface area is 91.2 Å². The lowest BCUT2D eigenvalue weighted by molar-refractivity contribution is 0.550. The van der Waals surface area contributed by atoms with Crippen LogP contribution in [0.3, 0.4) is 0 Å². The van der Waals surface area contributed by atoms with E-state index in [2.05, 4.69) is 25.9 Å². The van der Waals surface area contributed by atoms with E-state index in [1.807, 2.05) is 0 Å². The summed E-state index contributed by atoms with van der Waals surface area (Å²) in [4.78, 5) is 7.03. The van der Waals surface area contributed by atoms with Crippen molar-refractivity contribution in [2.45, 2.75) is 18.8 Å². The SMILES string of the molecule is O=S1(=O)CCCC(c2cnc(Br)[nH]2)C1. The summed E-state index contributed by atoms with van der Waals surface area (Å²) in [6.45, 7) is 0. The summed E-state index contributed by atoms with van der Waals surface area (Å²) in [6, 6.07) is 0. The highest BCUT2D eigenvalue weighted by Gasteiger charge is 2.26. The van der Waals surface area contributed by atoms with Gasteiger partial charge in [-0.3, -0.25) is 0 Å². The number of halogens is 1. The van der Waals surface area contributed by atoms with Crippen molar-refractivity contribution in [2.24, 2.45) is 0 Å². The molecule has 78 valence electrons. The van der Waals surface area contributed by atoms with Gasteiger partial charge in [-0.2, -0.15) is 0 Å². The van der Waals surface area contributed by atoms with Gasteiger partial charge < -0.3 is 4.98 Å². The molecule has 1 aromatic heterocycles. The summed E-state index contributed by atoms with van der Waals surface area (Å²) in [6.07, 6.45) is 3.38. The van der Waals surface area contributed by atoms with E-state index in [4.69, 9.17) is 0 Å². The molecule has 2 rings (SSSR count). The van der Waals surface area contributed by atoms with Crippen LogP contribution >= 0.6 is 15.9 Å². The zero-order chi connectivity index (χ0) is 10.2. The largest absolute Gasteiger partial charge is 0.336 e. The molecule has 0 bridgehead atoms. The van der Waals surface area contributed by atoms with Crippen LogP contribution in [0.15, 0.2) is 10.9 Å². The molecule has 0 spiro atoms. The zero-order valence-corrected chi connectivity index (χ0v) is 9.94. The molecular formula is C8H11BrN2O2S. The Morgan fingerprint density at radius 1 is 1.57 bits per heavy atom. The second kappa shape index (κ2) is 3.66. The topological polar surface area (TPSA) is 62.8 Å². The average Bonchev–Trinajstić information content (AvgIpc) is 2.50. The van der Waals surface area contributed by atoms with Gasteiger partial charge in [-0.05, 0) is 28.8 Å². The monoisotopic (exact) mass is 278 g/mol. The molecule has 14 heavy (non-hydrogen) atoms. The van der Waals surface area contributed by atoms with Crippen LogP contribution in [0, 0.1) is 0 Å². The first-order chi connectivity index (χ1) is 6.57. The third-order valence-electron chi connectivity index (χ3n) is 2.47. The van der Waals surface area contributed by atoms with Crippen LogP contribution in [-0.2, 0) is 9.84 Å². The third kappa shape index (κ3) is 2.17. The van der Waals surface area contributed by atoms with Crippen molar-refractivity contribution in [2.75, 3.05) is 11.5 Å². The zero-order valence-electron chi connectivity index (χ0n) is 7.53. The van der Waals surface area contributed by atoms with E-state index in [0.717, 1.165) is 18.5 Å². The molecule has 1 aromatic rings. The lowest BCUT2D eigenvalue weighted by atomic mass is 10.0. The van der Waals surface area contributed by atoms with E-state index in [-0.39, 0.29) is 11.7 Å². The molecule has 1 aliphatic rings. The highest BCUT2D eigenvalue weighted by atomic mass is 79.9. The Kier molecular flexibility index (Phi) is 2.66. The summed E-state index contributed by atoms with van der Waals surface area (Å²) >= 11 is 3.21. The predicted molar refractivity (Wildman–Crippen MR) is 56.9 cm³/mol. The molecule has 1 saturated heterocycles. The fourth-order valence-corrected chi connectivity index (χ4v) is 3.85. The summed E-state index contributed by atoms with van der Waals surface area (Å²) in [5.74, 6) is 0.674. The van der Waals surface area contributed by atoms with Crippen molar-refractivity contribution in [3.8, 4) is 0 Å². The second-order valence-corrected chi connectivity index (χ2v) is 6.56. The number of sulfone groups is 1. The van der Waals surface area contributed by atoms with Gasteiger partial charge in [-0.15, -0.1) is 0 Å². The molecular weight excluding hydrogens is 268 g/mol. The Hall–Kier alpha value is -0.360. The van der Waals surface area contributed by atoms with Gasteiger partial charge in [-0.25, -0.2) is 13.4 Å². The van der Waals surface area contributed by atoms with Crippen LogP contribution in [0.4, 0.5) is 0 Å². The van der Waals surface area contributed by atoms with E-state index >= 15 is 0 Å². The number of aromatic nitrogens is 2. The Bertz CT molecular complexity index is 426. The smallest absolute Gasteiger partial charge is 0.174 e. The molecule has 0 saturated carbocycles. The standard InChI is InChI=1S/C8H11BrN2O2S/c9-8-10-4-7(11-8)6-2-1-3-14(12,13)5-6/h4,6H,1-3,5H2,(H,10,11). The Morgan fingerprint density at radius 3 is 2.93 bits per heavy atom. The molecule has 4 nitrogen and oxygen atoms in total. The van der Waals surface area contributed by atoms with Crippen LogP contribution < -0.4 is 0 Å². The number of aromatic amines is 1. The summed E-state index contributed by atoms with van der Waals surface area (Å²) < 4.78 is 23.5. The average molecular weight is 279 g/mol. The van der Waals surface area contributed by atoms with Crippen LogP contribution in [-0.4, -0.2) is 29.9 Å². The van der Waals surface area contributed by atoms with Crippen molar-refractivity contribution in [1.29, 1.82) is 0 Å². The highest BCUT2D eigenvalue weighted by Crippen LogP contribution is 2.27. The van der Waals surface area contributed by atoms with Gasteiger partial charge in [0.25, 0.3) is 0 Å². The summed E-state index contributed by atoms with van der Waals surface area (Å²) in [7, 11) is -2.83. The fraction of sp³-hybridized carbons (Fsp3) is 0.625. The van der Waals surface area contributed by atoms with Gasteiger partial charge in [0.1, 0.15) is 0 Å². The Morgan fingerprint density at radius 2 is 2.36 bits per heavy atom. The molecule has 1 fully saturated rings. The van der Waals surface area contributed by atoms with Crippen molar-refractivity contribution in [3.05, 3.63) is 16.6 Å². The van der Waals surface area contributed by atoms with E-state index < -0.39 is 9.84 Å². The number of imidazole rings is 1. The maximum atomic E-state index is 11.4. The third-order valence-corrected chi connectivity index (χ3v) is 4.69. The van der Waals surface area contributed by atoms with Crippen LogP contribution in [0.25, 0.3) is 0 Å². The minimum absolute atomic E-state index is 0.0903. The van der Waals surface area contributed by atoms with Gasteiger partial charge in [0.15, 0.2) is 14.6 Å². The molecule has 1 atom stereocenters. The number of nitrogens with zero attached hydrogens (tertiary/aromatic N) is 1. The number of hydrogen-bond donors (Lipinski definition) is 1. The van der Waals surface area contributed by atoms with Gasteiger partial charge in [0.2, 0.25) is 0 Å². The van der Waals surface area contributed by atoms with E-state index in [9.17, 15) is 8.42 Å². The lowest BCUT2D eigenvalue weighted by Crippen LogP contribution is -2.23. The molecule has 6 heteroatoms. The molecule has 1 aliphatic heterocycles. The van der Waals surface area contributed by atoms with E-state index in [1.165, 1.54) is 0 Å². The summed E-state index contributed by atoms with van der Waals surface area (Å²) in [5.41, 5.74) is 0.917. The number of rotatable bonds is 1. The van der Waals surface area contributed by atoms with Crippen LogP contribution in [0.1, 0.15) is 24.5 Å². The van der Waals surface area contributed by atoms with Crippen molar-refractivity contribution in [1.82, 2.24) is 9.97 Å². The first-order valence-electron chi connectivity index (χ1n) is 4.48. The number of nitrogens with one attached hydrogen (secondary N) is 1. The second-order valence-electron chi connectivity index (χ2n) is 3.58. The first kappa shape index (κ1) is 10.2. The van der Waals surface area contributed by atoms with Gasteiger partial charge in [0, 0.05) is 17.8 Å². The van der Waals surface area contributed by atoms with Crippen LogP contribution in [0.5, 0.6) is 0 Å². The normalized spacial score (nSPS) is 26.2. The number of H-pyrrole nitrogens is 1. The van der Waals surface area contributed by atoms with Gasteiger partial charge >= 0.3 is 0 Å².